The molecule has 0 unspecified atom stereocenters. The van der Waals surface area contributed by atoms with Crippen molar-refractivity contribution < 1.29 is 18.8 Å². The van der Waals surface area contributed by atoms with Gasteiger partial charge in [0.05, 0.1) is 0 Å². The Bertz CT molecular complexity index is 7.51. The van der Waals surface area contributed by atoms with Crippen molar-refractivity contribution in [3.05, 3.63) is 0 Å². The summed E-state index contributed by atoms with van der Waals surface area (Å²) >= 11 is 0. The third kappa shape index (κ3) is 145. The van der Waals surface area contributed by atoms with E-state index in [2.05, 4.69) is 0 Å². The van der Waals surface area contributed by atoms with Gasteiger partial charge in [0.1, 0.15) is 0 Å². The molecule has 0 fully saturated rings. The smallest absolute Gasteiger partial charge is 1.00 e. The molecule has 0 aliphatic carbocycles. The fraction of sp³-hybridized carbons (Fsp3) is 0. The maximum atomic E-state index is 0. The van der Waals surface area contributed by atoms with Gasteiger partial charge in [-0.25, -0.2) is 0 Å². The van der Waals surface area contributed by atoms with Gasteiger partial charge in [-0.3, -0.25) is 0 Å². The Hall–Kier alpha value is 0.655. The standard InChI is InChI=1S/Be.4FH.Mg/h;4*1H;/q+2;;;;;+2/p-4. The van der Waals surface area contributed by atoms with E-state index in [0.717, 1.165) is 0 Å². The molecule has 0 N–H and O–H groups in total. The second kappa shape index (κ2) is 286. The molecule has 0 saturated carbocycles. The Morgan fingerprint density at radius 3 is 0.500 bits per heavy atom. The van der Waals surface area contributed by atoms with Crippen molar-refractivity contribution in [2.75, 3.05) is 0 Å². The van der Waals surface area contributed by atoms with E-state index < -0.39 is 0 Å². The number of hydrogen-bond acceptors (Lipinski definition) is 0. The van der Waals surface area contributed by atoms with Crippen LogP contribution in [0.2, 0.25) is 0 Å². The van der Waals surface area contributed by atoms with Gasteiger partial charge in [-0.05, 0) is 0 Å². The van der Waals surface area contributed by atoms with Crippen molar-refractivity contribution in [2.45, 2.75) is 0 Å². The maximum Gasteiger partial charge on any atom is 2.00 e. The zero-order chi connectivity index (χ0) is 0. The van der Waals surface area contributed by atoms with Crippen LogP contribution < -0.4 is 18.8 Å². The minimum atomic E-state index is 0. The SMILES string of the molecule is [Be+2].[F-].[F-].[F-].[F-].[Mg+2]. The van der Waals surface area contributed by atoms with Gasteiger partial charge in [-0.1, -0.05) is 0 Å². The van der Waals surface area contributed by atoms with Crippen LogP contribution in [-0.4, -0.2) is 33.2 Å². The van der Waals surface area contributed by atoms with Crippen molar-refractivity contribution in [1.82, 2.24) is 0 Å². The van der Waals surface area contributed by atoms with Gasteiger partial charge in [0, 0.05) is 0 Å². The minimum Gasteiger partial charge on any atom is -1.00 e. The van der Waals surface area contributed by atoms with E-state index in [9.17, 15) is 0 Å². The molecule has 0 nitrogen and oxygen atoms in total. The van der Waals surface area contributed by atoms with Crippen molar-refractivity contribution in [3.63, 3.8) is 0 Å². The predicted octanol–water partition coefficient (Wildman–Crippen LogP) is -12.7. The third-order valence-corrected chi connectivity index (χ3v) is 0. The summed E-state index contributed by atoms with van der Waals surface area (Å²) in [6, 6.07) is 0. The first kappa shape index (κ1) is 496. The Kier molecular flexibility index (Phi) is 23600. The summed E-state index contributed by atoms with van der Waals surface area (Å²) in [7, 11) is 0. The van der Waals surface area contributed by atoms with Crippen molar-refractivity contribution in [2.24, 2.45) is 0 Å². The molecule has 0 aromatic rings. The van der Waals surface area contributed by atoms with Crippen molar-refractivity contribution in [3.8, 4) is 0 Å². The maximum absolute atomic E-state index is 0. The molecule has 0 aliphatic rings. The van der Waals surface area contributed by atoms with Gasteiger partial charge >= 0.3 is 33.2 Å². The molecule has 0 saturated heterocycles. The van der Waals surface area contributed by atoms with Crippen LogP contribution in [0.15, 0.2) is 0 Å². The molecule has 0 atom stereocenters. The fourth-order valence-corrected chi connectivity index (χ4v) is 0. The summed E-state index contributed by atoms with van der Waals surface area (Å²) in [5, 5.41) is 0. The quantitative estimate of drug-likeness (QED) is 0.214. The molecule has 0 bridgehead atoms. The average molecular weight is 109 g/mol. The summed E-state index contributed by atoms with van der Waals surface area (Å²) in [4.78, 5) is 0. The van der Waals surface area contributed by atoms with Crippen LogP contribution in [0.5, 0.6) is 0 Å². The molecule has 0 aliphatic heterocycles. The molecule has 0 aromatic carbocycles. The van der Waals surface area contributed by atoms with E-state index in [1.165, 1.54) is 0 Å². The normalized spacial score (nSPS) is 0. The first-order chi connectivity index (χ1) is 0. The molecule has 0 heterocycles. The first-order valence-corrected chi connectivity index (χ1v) is 0. The summed E-state index contributed by atoms with van der Waals surface area (Å²) in [6.45, 7) is 0. The van der Waals surface area contributed by atoms with E-state index in [0.29, 0.717) is 0 Å². The number of halogens is 4. The number of hydrogen-bond donors (Lipinski definition) is 0. The van der Waals surface area contributed by atoms with Crippen molar-refractivity contribution in [1.29, 1.82) is 0 Å². The van der Waals surface area contributed by atoms with E-state index in [1.54, 1.807) is 0 Å². The second-order valence-electron chi connectivity index (χ2n) is 0. The fourth-order valence-electron chi connectivity index (χ4n) is 0. The van der Waals surface area contributed by atoms with Crippen LogP contribution >= 0.6 is 0 Å². The Labute approximate surface area is 52.5 Å². The topological polar surface area (TPSA) is 0 Å². The number of rotatable bonds is 0. The predicted molar refractivity (Wildman–Crippen MR) is 11.5 cm³/mol. The zero-order valence-corrected chi connectivity index (χ0v) is 4.34. The van der Waals surface area contributed by atoms with Gasteiger partial charge < -0.3 is 18.8 Å². The summed E-state index contributed by atoms with van der Waals surface area (Å²) in [6.07, 6.45) is 0. The molecule has 0 amide bonds. The minimum absolute atomic E-state index is 0. The van der Waals surface area contributed by atoms with E-state index in [-0.39, 0.29) is 52.0 Å². The monoisotopic (exact) mass is 109 g/mol. The van der Waals surface area contributed by atoms with Crippen LogP contribution in [0.1, 0.15) is 0 Å². The molecule has 6 heteroatoms. The van der Waals surface area contributed by atoms with Gasteiger partial charge in [-0.15, -0.1) is 0 Å². The van der Waals surface area contributed by atoms with Gasteiger partial charge in [0.2, 0.25) is 0 Å². The molecule has 0 aromatic heterocycles. The second-order valence-corrected chi connectivity index (χ2v) is 0. The molecular weight excluding hydrogens is 109 g/mol. The molecule has 32 valence electrons. The van der Waals surface area contributed by atoms with Crippen LogP contribution in [-0.2, 0) is 0 Å². The van der Waals surface area contributed by atoms with Crippen LogP contribution in [0.25, 0.3) is 0 Å². The summed E-state index contributed by atoms with van der Waals surface area (Å²) < 4.78 is 0. The summed E-state index contributed by atoms with van der Waals surface area (Å²) in [5.74, 6) is 0. The third-order valence-electron chi connectivity index (χ3n) is 0. The largest absolute Gasteiger partial charge is 2.00 e. The van der Waals surface area contributed by atoms with Gasteiger partial charge in [-0.2, -0.15) is 0 Å². The zero-order valence-electron chi connectivity index (χ0n) is 2.93. The van der Waals surface area contributed by atoms with Gasteiger partial charge in [0.25, 0.3) is 0 Å². The van der Waals surface area contributed by atoms with Crippen LogP contribution in [0, 0.1) is 0 Å². The molecule has 0 radical (unpaired) electrons. The van der Waals surface area contributed by atoms with E-state index in [1.807, 2.05) is 0 Å². The molecule has 0 spiro atoms. The average Bonchev–Trinajstić information content (AvgIpc) is 0. The van der Waals surface area contributed by atoms with Crippen LogP contribution in [0.3, 0.4) is 0 Å². The summed E-state index contributed by atoms with van der Waals surface area (Å²) in [5.41, 5.74) is 0. The first-order valence-electron chi connectivity index (χ1n) is 0. The van der Waals surface area contributed by atoms with E-state index >= 15 is 0 Å². The molecular formula is BeF4Mg. The Morgan fingerprint density at radius 1 is 0.500 bits per heavy atom. The Balaban J connectivity index is 0. The Morgan fingerprint density at radius 2 is 0.500 bits per heavy atom. The van der Waals surface area contributed by atoms with Crippen LogP contribution in [0.4, 0.5) is 0 Å². The molecule has 6 heavy (non-hydrogen) atoms. The molecule has 0 rings (SSSR count). The van der Waals surface area contributed by atoms with E-state index in [4.69, 9.17) is 0 Å². The van der Waals surface area contributed by atoms with Crippen molar-refractivity contribution >= 4 is 33.2 Å². The van der Waals surface area contributed by atoms with Gasteiger partial charge in [0.15, 0.2) is 0 Å².